The summed E-state index contributed by atoms with van der Waals surface area (Å²) in [5.41, 5.74) is 0. The number of nitrogens with one attached hydrogen (secondary N) is 1. The molecule has 7 nitrogen and oxygen atoms in total. The first-order chi connectivity index (χ1) is 12.0. The van der Waals surface area contributed by atoms with Gasteiger partial charge in [-0.2, -0.15) is 0 Å². The first kappa shape index (κ1) is 18.2. The van der Waals surface area contributed by atoms with Gasteiger partial charge in [0.2, 0.25) is 0 Å². The number of carbonyl (C=O) groups is 1. The van der Waals surface area contributed by atoms with E-state index in [1.165, 1.54) is 32.4 Å². The van der Waals surface area contributed by atoms with Gasteiger partial charge in [-0.3, -0.25) is 0 Å². The van der Waals surface area contributed by atoms with Crippen molar-refractivity contribution in [1.82, 2.24) is 29.9 Å². The number of rotatable bonds is 4. The summed E-state index contributed by atoms with van der Waals surface area (Å²) in [4.78, 5) is 17.2. The molecule has 2 atom stereocenters. The highest BCUT2D eigenvalue weighted by Crippen LogP contribution is 2.22. The van der Waals surface area contributed by atoms with Gasteiger partial charge in [0.1, 0.15) is 6.33 Å². The van der Waals surface area contributed by atoms with E-state index in [1.807, 2.05) is 23.4 Å². The zero-order valence-corrected chi connectivity index (χ0v) is 15.8. The lowest BCUT2D eigenvalue weighted by Gasteiger charge is -2.38. The van der Waals surface area contributed by atoms with Crippen LogP contribution in [0.4, 0.5) is 4.79 Å². The smallest absolute Gasteiger partial charge is 0.317 e. The summed E-state index contributed by atoms with van der Waals surface area (Å²) in [6, 6.07) is -0.114. The molecule has 0 unspecified atom stereocenters. The first-order valence-corrected chi connectivity index (χ1v) is 9.64. The third-order valence-electron chi connectivity index (χ3n) is 5.67. The molecule has 3 rings (SSSR count). The quantitative estimate of drug-likeness (QED) is 0.904. The summed E-state index contributed by atoms with van der Waals surface area (Å²) in [6.07, 6.45) is 6.61. The Morgan fingerprint density at radius 2 is 2.08 bits per heavy atom. The van der Waals surface area contributed by atoms with Crippen molar-refractivity contribution in [2.24, 2.45) is 18.9 Å². The van der Waals surface area contributed by atoms with Gasteiger partial charge in [0.15, 0.2) is 5.82 Å². The van der Waals surface area contributed by atoms with Crippen LogP contribution in [0.1, 0.15) is 51.4 Å². The van der Waals surface area contributed by atoms with E-state index in [0.29, 0.717) is 5.92 Å². The monoisotopic (exact) mass is 348 g/mol. The van der Waals surface area contributed by atoms with Gasteiger partial charge >= 0.3 is 6.03 Å². The highest BCUT2D eigenvalue weighted by atomic mass is 16.2. The van der Waals surface area contributed by atoms with Crippen LogP contribution in [0.15, 0.2) is 6.33 Å². The van der Waals surface area contributed by atoms with Gasteiger partial charge in [0, 0.05) is 26.7 Å². The van der Waals surface area contributed by atoms with E-state index in [9.17, 15) is 4.79 Å². The molecule has 2 fully saturated rings. The maximum Gasteiger partial charge on any atom is 0.317 e. The molecule has 0 aliphatic carbocycles. The van der Waals surface area contributed by atoms with Crippen LogP contribution in [0.3, 0.4) is 0 Å². The Labute approximate surface area is 150 Å². The minimum Gasteiger partial charge on any atom is -0.328 e. The Kier molecular flexibility index (Phi) is 5.93. The number of amides is 2. The molecule has 1 aromatic heterocycles. The highest BCUT2D eigenvalue weighted by molar-refractivity contribution is 5.74. The number of piperidine rings is 2. The van der Waals surface area contributed by atoms with Gasteiger partial charge in [-0.1, -0.05) is 6.92 Å². The van der Waals surface area contributed by atoms with Gasteiger partial charge in [0.05, 0.1) is 6.04 Å². The van der Waals surface area contributed by atoms with E-state index < -0.39 is 0 Å². The summed E-state index contributed by atoms with van der Waals surface area (Å²) < 4.78 is 1.85. The Hall–Kier alpha value is -1.63. The van der Waals surface area contributed by atoms with Crippen molar-refractivity contribution in [2.45, 2.75) is 45.6 Å². The summed E-state index contributed by atoms with van der Waals surface area (Å²) in [5.74, 6) is 2.24. The van der Waals surface area contributed by atoms with Crippen molar-refractivity contribution in [3.05, 3.63) is 12.2 Å². The molecule has 0 aromatic carbocycles. The Balaban J connectivity index is 1.49. The number of likely N-dealkylation sites (tertiary alicyclic amines) is 2. The van der Waals surface area contributed by atoms with E-state index in [-0.39, 0.29) is 12.1 Å². The third kappa shape index (κ3) is 4.71. The van der Waals surface area contributed by atoms with Crippen molar-refractivity contribution in [3.63, 3.8) is 0 Å². The molecule has 2 saturated heterocycles. The lowest BCUT2D eigenvalue weighted by Crippen LogP contribution is -2.49. The van der Waals surface area contributed by atoms with E-state index >= 15 is 0 Å². The average molecular weight is 348 g/mol. The van der Waals surface area contributed by atoms with Crippen molar-refractivity contribution in [3.8, 4) is 0 Å². The molecular weight excluding hydrogens is 316 g/mol. The SMILES string of the molecule is CC1CCN(C[C@H]2CCCN(C(=O)N[C@H](C)c3nncn3C)C2)CC1. The summed E-state index contributed by atoms with van der Waals surface area (Å²) in [6.45, 7) is 9.59. The number of hydrogen-bond donors (Lipinski definition) is 1. The second-order valence-electron chi connectivity index (χ2n) is 7.91. The lowest BCUT2D eigenvalue weighted by atomic mass is 9.94. The Morgan fingerprint density at radius 1 is 1.32 bits per heavy atom. The fourth-order valence-electron chi connectivity index (χ4n) is 4.03. The first-order valence-electron chi connectivity index (χ1n) is 9.64. The molecular formula is C18H32N6O. The predicted octanol–water partition coefficient (Wildman–Crippen LogP) is 2.03. The van der Waals surface area contributed by atoms with Gasteiger partial charge < -0.3 is 19.7 Å². The highest BCUT2D eigenvalue weighted by Gasteiger charge is 2.27. The third-order valence-corrected chi connectivity index (χ3v) is 5.67. The van der Waals surface area contributed by atoms with E-state index in [0.717, 1.165) is 37.8 Å². The van der Waals surface area contributed by atoms with Crippen molar-refractivity contribution in [2.75, 3.05) is 32.7 Å². The number of aromatic nitrogens is 3. The molecule has 1 N–H and O–H groups in total. The van der Waals surface area contributed by atoms with Crippen LogP contribution in [0, 0.1) is 11.8 Å². The number of nitrogens with zero attached hydrogens (tertiary/aromatic N) is 5. The summed E-state index contributed by atoms with van der Waals surface area (Å²) in [7, 11) is 1.90. The number of urea groups is 1. The largest absolute Gasteiger partial charge is 0.328 e. The van der Waals surface area contributed by atoms with Gasteiger partial charge in [-0.15, -0.1) is 10.2 Å². The molecule has 2 amide bonds. The molecule has 0 bridgehead atoms. The molecule has 0 saturated carbocycles. The van der Waals surface area contributed by atoms with Crippen LogP contribution in [0.2, 0.25) is 0 Å². The fourth-order valence-corrected chi connectivity index (χ4v) is 4.03. The second-order valence-corrected chi connectivity index (χ2v) is 7.91. The number of carbonyl (C=O) groups excluding carboxylic acids is 1. The van der Waals surface area contributed by atoms with Crippen LogP contribution >= 0.6 is 0 Å². The lowest BCUT2D eigenvalue weighted by molar-refractivity contribution is 0.119. The van der Waals surface area contributed by atoms with E-state index in [2.05, 4.69) is 27.3 Å². The van der Waals surface area contributed by atoms with Gasteiger partial charge in [-0.05, 0) is 57.5 Å². The topological polar surface area (TPSA) is 66.3 Å². The van der Waals surface area contributed by atoms with Crippen LogP contribution in [-0.2, 0) is 7.05 Å². The predicted molar refractivity (Wildman–Crippen MR) is 97.1 cm³/mol. The summed E-state index contributed by atoms with van der Waals surface area (Å²) in [5, 5.41) is 11.0. The maximum atomic E-state index is 12.6. The minimum absolute atomic E-state index is 0.0208. The van der Waals surface area contributed by atoms with Crippen molar-refractivity contribution >= 4 is 6.03 Å². The molecule has 2 aliphatic heterocycles. The van der Waals surface area contributed by atoms with Gasteiger partial charge in [-0.25, -0.2) is 4.79 Å². The van der Waals surface area contributed by atoms with Crippen LogP contribution < -0.4 is 5.32 Å². The van der Waals surface area contributed by atoms with Gasteiger partial charge in [0.25, 0.3) is 0 Å². The summed E-state index contributed by atoms with van der Waals surface area (Å²) >= 11 is 0. The zero-order chi connectivity index (χ0) is 17.8. The molecule has 0 spiro atoms. The Bertz CT molecular complexity index is 566. The van der Waals surface area contributed by atoms with Crippen molar-refractivity contribution < 1.29 is 4.79 Å². The average Bonchev–Trinajstić information content (AvgIpc) is 3.03. The normalized spacial score (nSPS) is 24.3. The molecule has 140 valence electrons. The molecule has 3 heterocycles. The van der Waals surface area contributed by atoms with Crippen molar-refractivity contribution in [1.29, 1.82) is 0 Å². The van der Waals surface area contributed by atoms with E-state index in [1.54, 1.807) is 6.33 Å². The zero-order valence-electron chi connectivity index (χ0n) is 15.8. The number of aryl methyl sites for hydroxylation is 1. The molecule has 1 aromatic rings. The Morgan fingerprint density at radius 3 is 2.76 bits per heavy atom. The van der Waals surface area contributed by atoms with E-state index in [4.69, 9.17) is 0 Å². The van der Waals surface area contributed by atoms with Crippen LogP contribution in [0.5, 0.6) is 0 Å². The fraction of sp³-hybridized carbons (Fsp3) is 0.833. The minimum atomic E-state index is -0.135. The molecule has 7 heteroatoms. The second kappa shape index (κ2) is 8.17. The molecule has 2 aliphatic rings. The molecule has 25 heavy (non-hydrogen) atoms. The van der Waals surface area contributed by atoms with Crippen LogP contribution in [0.25, 0.3) is 0 Å². The number of hydrogen-bond acceptors (Lipinski definition) is 4. The van der Waals surface area contributed by atoms with Crippen LogP contribution in [-0.4, -0.2) is 63.3 Å². The standard InChI is InChI=1S/C18H32N6O/c1-14-6-9-23(10-7-14)11-16-5-4-8-24(12-16)18(25)20-15(2)17-21-19-13-22(17)3/h13-16H,4-12H2,1-3H3,(H,20,25)/t15-,16-/m1/s1. The molecule has 0 radical (unpaired) electrons. The maximum absolute atomic E-state index is 12.6.